The highest BCUT2D eigenvalue weighted by molar-refractivity contribution is 6.51. The molecule has 0 saturated carbocycles. The van der Waals surface area contributed by atoms with Gasteiger partial charge in [-0.15, -0.1) is 0 Å². The molecular formula is C14H16O4. The minimum Gasteiger partial charge on any atom is -0.507 e. The van der Waals surface area contributed by atoms with E-state index in [0.717, 1.165) is 0 Å². The maximum atomic E-state index is 11.9. The summed E-state index contributed by atoms with van der Waals surface area (Å²) in [5.41, 5.74) is -0.0323. The van der Waals surface area contributed by atoms with Gasteiger partial charge < -0.3 is 5.11 Å². The molecular weight excluding hydrogens is 232 g/mol. The summed E-state index contributed by atoms with van der Waals surface area (Å²) in [4.78, 5) is 35.0. The summed E-state index contributed by atoms with van der Waals surface area (Å²) in [7, 11) is 0. The predicted molar refractivity (Wildman–Crippen MR) is 67.1 cm³/mol. The molecule has 0 fully saturated rings. The van der Waals surface area contributed by atoms with Gasteiger partial charge in [-0.05, 0) is 27.2 Å². The molecule has 0 atom stereocenters. The minimum atomic E-state index is -0.741. The van der Waals surface area contributed by atoms with E-state index in [9.17, 15) is 19.5 Å². The molecule has 18 heavy (non-hydrogen) atoms. The molecule has 0 aliphatic heterocycles. The average molecular weight is 248 g/mol. The Morgan fingerprint density at radius 3 is 2.28 bits per heavy atom. The van der Waals surface area contributed by atoms with Crippen molar-refractivity contribution in [1.82, 2.24) is 0 Å². The van der Waals surface area contributed by atoms with Crippen LogP contribution in [0.15, 0.2) is 34.6 Å². The molecule has 0 radical (unpaired) electrons. The van der Waals surface area contributed by atoms with Crippen LogP contribution in [0.2, 0.25) is 0 Å². The number of hydrogen-bond acceptors (Lipinski definition) is 4. The van der Waals surface area contributed by atoms with Crippen LogP contribution < -0.4 is 0 Å². The molecule has 96 valence electrons. The lowest BCUT2D eigenvalue weighted by Crippen LogP contribution is -2.26. The highest BCUT2D eigenvalue weighted by atomic mass is 16.3. The summed E-state index contributed by atoms with van der Waals surface area (Å²) < 4.78 is 0. The second-order valence-corrected chi connectivity index (χ2v) is 4.16. The van der Waals surface area contributed by atoms with Crippen LogP contribution in [0.25, 0.3) is 0 Å². The van der Waals surface area contributed by atoms with Gasteiger partial charge in [0.05, 0.1) is 5.57 Å². The van der Waals surface area contributed by atoms with Gasteiger partial charge in [0.25, 0.3) is 0 Å². The lowest BCUT2D eigenvalue weighted by atomic mass is 9.87. The van der Waals surface area contributed by atoms with Crippen LogP contribution in [-0.2, 0) is 14.4 Å². The molecule has 4 heteroatoms. The Morgan fingerprint density at radius 2 is 1.72 bits per heavy atom. The Hall–Kier alpha value is -1.97. The maximum Gasteiger partial charge on any atom is 0.232 e. The van der Waals surface area contributed by atoms with Crippen molar-refractivity contribution >= 4 is 17.3 Å². The number of allylic oxidation sites excluding steroid dienone is 5. The third-order valence-corrected chi connectivity index (χ3v) is 2.91. The van der Waals surface area contributed by atoms with E-state index in [1.807, 2.05) is 19.1 Å². The molecule has 1 aliphatic rings. The number of ketones is 3. The van der Waals surface area contributed by atoms with E-state index in [4.69, 9.17) is 0 Å². The molecule has 0 aromatic rings. The highest BCUT2D eigenvalue weighted by Gasteiger charge is 2.33. The number of carbonyl (C=O) groups excluding carboxylic acids is 3. The normalized spacial score (nSPS) is 17.1. The van der Waals surface area contributed by atoms with Gasteiger partial charge >= 0.3 is 0 Å². The van der Waals surface area contributed by atoms with E-state index in [1.165, 1.54) is 13.8 Å². The van der Waals surface area contributed by atoms with E-state index in [0.29, 0.717) is 6.42 Å². The summed E-state index contributed by atoms with van der Waals surface area (Å²) in [6.45, 7) is 4.59. The van der Waals surface area contributed by atoms with Crippen LogP contribution in [0.3, 0.4) is 0 Å². The standard InChI is InChI=1S/C14H16O4/c1-4-5-6-7-10(15)11-8(2)13(17)14(18)9(3)12(11)16/h4-5,16H,6-7H2,1-3H3/b5-4+. The SMILES string of the molecule is C/C=C/CCC(=O)C1=C(C)C(=O)C(=O)C(C)=C1O. The van der Waals surface area contributed by atoms with Crippen LogP contribution in [0.1, 0.15) is 33.6 Å². The lowest BCUT2D eigenvalue weighted by molar-refractivity contribution is -0.132. The van der Waals surface area contributed by atoms with Gasteiger partial charge in [-0.2, -0.15) is 0 Å². The number of hydrogen-bond donors (Lipinski definition) is 1. The van der Waals surface area contributed by atoms with Gasteiger partial charge in [0.1, 0.15) is 5.76 Å². The summed E-state index contributed by atoms with van der Waals surface area (Å²) in [6, 6.07) is 0. The Balaban J connectivity index is 3.09. The van der Waals surface area contributed by atoms with Crippen LogP contribution in [0.4, 0.5) is 0 Å². The molecule has 0 amide bonds. The number of Topliss-reactive ketones (excluding diaryl/α,β-unsaturated/α-hetero) is 3. The van der Waals surface area contributed by atoms with E-state index >= 15 is 0 Å². The summed E-state index contributed by atoms with van der Waals surface area (Å²) in [5, 5.41) is 9.83. The zero-order valence-electron chi connectivity index (χ0n) is 10.7. The fourth-order valence-corrected chi connectivity index (χ4v) is 1.77. The second-order valence-electron chi connectivity index (χ2n) is 4.16. The highest BCUT2D eigenvalue weighted by Crippen LogP contribution is 2.26. The van der Waals surface area contributed by atoms with Crippen molar-refractivity contribution in [3.05, 3.63) is 34.6 Å². The van der Waals surface area contributed by atoms with Crippen LogP contribution in [0, 0.1) is 0 Å². The van der Waals surface area contributed by atoms with Gasteiger partial charge in [0, 0.05) is 17.6 Å². The van der Waals surface area contributed by atoms with Crippen molar-refractivity contribution in [2.45, 2.75) is 33.6 Å². The molecule has 1 N–H and O–H groups in total. The molecule has 0 spiro atoms. The first-order valence-electron chi connectivity index (χ1n) is 5.76. The fourth-order valence-electron chi connectivity index (χ4n) is 1.77. The molecule has 4 nitrogen and oxygen atoms in total. The van der Waals surface area contributed by atoms with Gasteiger partial charge in [0.15, 0.2) is 5.78 Å². The van der Waals surface area contributed by atoms with E-state index in [1.54, 1.807) is 0 Å². The van der Waals surface area contributed by atoms with E-state index < -0.39 is 11.6 Å². The molecule has 0 heterocycles. The Kier molecular flexibility index (Phi) is 4.37. The molecule has 0 aromatic heterocycles. The zero-order chi connectivity index (χ0) is 13.9. The number of rotatable bonds is 4. The molecule has 0 unspecified atom stereocenters. The molecule has 1 aliphatic carbocycles. The van der Waals surface area contributed by atoms with Crippen molar-refractivity contribution in [3.63, 3.8) is 0 Å². The van der Waals surface area contributed by atoms with Crippen molar-refractivity contribution in [2.24, 2.45) is 0 Å². The smallest absolute Gasteiger partial charge is 0.232 e. The number of aliphatic hydroxyl groups is 1. The topological polar surface area (TPSA) is 71.4 Å². The van der Waals surface area contributed by atoms with Gasteiger partial charge in [-0.25, -0.2) is 0 Å². The summed E-state index contributed by atoms with van der Waals surface area (Å²) in [5.74, 6) is -2.12. The Labute approximate surface area is 106 Å². The lowest BCUT2D eigenvalue weighted by Gasteiger charge is -2.16. The first kappa shape index (κ1) is 14.1. The third-order valence-electron chi connectivity index (χ3n) is 2.91. The Morgan fingerprint density at radius 1 is 1.17 bits per heavy atom. The van der Waals surface area contributed by atoms with Gasteiger partial charge in [-0.3, -0.25) is 14.4 Å². The number of aliphatic hydroxyl groups excluding tert-OH is 1. The number of carbonyl (C=O) groups is 3. The molecule has 0 aromatic carbocycles. The minimum absolute atomic E-state index is 0.0124. The van der Waals surface area contributed by atoms with Crippen molar-refractivity contribution in [2.75, 3.05) is 0 Å². The molecule has 0 saturated heterocycles. The molecule has 0 bridgehead atoms. The predicted octanol–water partition coefficient (Wildman–Crippen LogP) is 2.21. The monoisotopic (exact) mass is 248 g/mol. The van der Waals surface area contributed by atoms with E-state index in [-0.39, 0.29) is 34.7 Å². The first-order valence-corrected chi connectivity index (χ1v) is 5.76. The van der Waals surface area contributed by atoms with Crippen molar-refractivity contribution in [3.8, 4) is 0 Å². The summed E-state index contributed by atoms with van der Waals surface area (Å²) >= 11 is 0. The quantitative estimate of drug-likeness (QED) is 0.470. The van der Waals surface area contributed by atoms with Crippen LogP contribution in [0.5, 0.6) is 0 Å². The van der Waals surface area contributed by atoms with Crippen LogP contribution in [-0.4, -0.2) is 22.5 Å². The maximum absolute atomic E-state index is 11.9. The average Bonchev–Trinajstić information content (AvgIpc) is 2.34. The first-order chi connectivity index (χ1) is 8.41. The largest absolute Gasteiger partial charge is 0.507 e. The van der Waals surface area contributed by atoms with Crippen molar-refractivity contribution < 1.29 is 19.5 Å². The van der Waals surface area contributed by atoms with Crippen molar-refractivity contribution in [1.29, 1.82) is 0 Å². The fraction of sp³-hybridized carbons (Fsp3) is 0.357. The molecule has 1 rings (SSSR count). The second kappa shape index (κ2) is 5.58. The van der Waals surface area contributed by atoms with E-state index in [2.05, 4.69) is 0 Å². The summed E-state index contributed by atoms with van der Waals surface area (Å²) in [6.07, 6.45) is 4.40. The van der Waals surface area contributed by atoms with Gasteiger partial charge in [0.2, 0.25) is 11.6 Å². The third kappa shape index (κ3) is 2.47. The Bertz CT molecular complexity index is 504. The zero-order valence-corrected chi connectivity index (χ0v) is 10.7. The van der Waals surface area contributed by atoms with Crippen LogP contribution >= 0.6 is 0 Å². The van der Waals surface area contributed by atoms with Gasteiger partial charge in [-0.1, -0.05) is 12.2 Å².